The van der Waals surface area contributed by atoms with Gasteiger partial charge in [0.25, 0.3) is 0 Å². The monoisotopic (exact) mass is 339 g/mol. The van der Waals surface area contributed by atoms with E-state index < -0.39 is 17.8 Å². The zero-order valence-corrected chi connectivity index (χ0v) is 13.8. The topological polar surface area (TPSA) is 46.9 Å². The molecule has 1 heterocycles. The molecule has 1 aromatic heterocycles. The molecule has 0 aliphatic rings. The van der Waals surface area contributed by atoms with Crippen molar-refractivity contribution in [2.45, 2.75) is 39.9 Å². The van der Waals surface area contributed by atoms with Crippen molar-refractivity contribution < 1.29 is 18.0 Å². The summed E-state index contributed by atoms with van der Waals surface area (Å²) >= 11 is 0. The van der Waals surface area contributed by atoms with Crippen LogP contribution in [0.5, 0.6) is 0 Å². The minimum absolute atomic E-state index is 0.0841. The molecule has 4 nitrogen and oxygen atoms in total. The Balaban J connectivity index is 2.02. The van der Waals surface area contributed by atoms with Gasteiger partial charge in [-0.25, -0.2) is 0 Å². The van der Waals surface area contributed by atoms with Crippen molar-refractivity contribution in [3.05, 3.63) is 47.3 Å². The molecule has 1 unspecified atom stereocenters. The summed E-state index contributed by atoms with van der Waals surface area (Å²) < 4.78 is 39.2. The fourth-order valence-corrected chi connectivity index (χ4v) is 2.27. The molecule has 1 aromatic carbocycles. The summed E-state index contributed by atoms with van der Waals surface area (Å²) in [4.78, 5) is 12.2. The van der Waals surface area contributed by atoms with Gasteiger partial charge in [-0.1, -0.05) is 26.0 Å². The number of aromatic nitrogens is 2. The molecule has 7 heteroatoms. The van der Waals surface area contributed by atoms with Crippen molar-refractivity contribution in [2.24, 2.45) is 5.92 Å². The van der Waals surface area contributed by atoms with Gasteiger partial charge in [-0.05, 0) is 37.1 Å². The van der Waals surface area contributed by atoms with Crippen LogP contribution in [0, 0.1) is 12.8 Å². The van der Waals surface area contributed by atoms with Gasteiger partial charge in [0, 0.05) is 11.4 Å². The van der Waals surface area contributed by atoms with Crippen LogP contribution < -0.4 is 5.32 Å². The standard InChI is InChI=1S/C17H20F3N3O/c1-4-13-5-7-14(8-6-13)21-16(24)11(2)10-23-12(3)9-15(22-23)17(18,19)20/h5-9,11H,4,10H2,1-3H3,(H,21,24). The molecule has 2 aromatic rings. The smallest absolute Gasteiger partial charge is 0.326 e. The molecule has 1 N–H and O–H groups in total. The van der Waals surface area contributed by atoms with Gasteiger partial charge < -0.3 is 5.32 Å². The molecule has 24 heavy (non-hydrogen) atoms. The lowest BCUT2D eigenvalue weighted by molar-refractivity contribution is -0.141. The molecule has 0 bridgehead atoms. The maximum atomic E-state index is 12.7. The SMILES string of the molecule is CCc1ccc(NC(=O)C(C)Cn2nc(C(F)(F)F)cc2C)cc1. The van der Waals surface area contributed by atoms with Crippen molar-refractivity contribution in [2.75, 3.05) is 5.32 Å². The quantitative estimate of drug-likeness (QED) is 0.893. The highest BCUT2D eigenvalue weighted by Crippen LogP contribution is 2.28. The highest BCUT2D eigenvalue weighted by molar-refractivity contribution is 5.92. The van der Waals surface area contributed by atoms with Crippen molar-refractivity contribution in [3.63, 3.8) is 0 Å². The van der Waals surface area contributed by atoms with Crippen molar-refractivity contribution in [1.29, 1.82) is 0 Å². The van der Waals surface area contributed by atoms with E-state index >= 15 is 0 Å². The summed E-state index contributed by atoms with van der Waals surface area (Å²) in [6.07, 6.45) is -3.58. The second-order valence-electron chi connectivity index (χ2n) is 5.79. The second kappa shape index (κ2) is 7.07. The van der Waals surface area contributed by atoms with Crippen LogP contribution in [0.25, 0.3) is 0 Å². The molecule has 0 aliphatic carbocycles. The molecular weight excluding hydrogens is 319 g/mol. The molecule has 130 valence electrons. The third-order valence-electron chi connectivity index (χ3n) is 3.80. The minimum Gasteiger partial charge on any atom is -0.326 e. The van der Waals surface area contributed by atoms with Gasteiger partial charge >= 0.3 is 6.18 Å². The van der Waals surface area contributed by atoms with Gasteiger partial charge in [-0.2, -0.15) is 18.3 Å². The van der Waals surface area contributed by atoms with Gasteiger partial charge in [-0.3, -0.25) is 9.48 Å². The largest absolute Gasteiger partial charge is 0.435 e. The predicted molar refractivity (Wildman–Crippen MR) is 85.6 cm³/mol. The number of rotatable bonds is 5. The molecule has 0 radical (unpaired) electrons. The van der Waals surface area contributed by atoms with Crippen LogP contribution in [0.1, 0.15) is 30.8 Å². The first-order valence-corrected chi connectivity index (χ1v) is 7.72. The number of alkyl halides is 3. The van der Waals surface area contributed by atoms with Crippen LogP contribution in [0.2, 0.25) is 0 Å². The number of carbonyl (C=O) groups excluding carboxylic acids is 1. The van der Waals surface area contributed by atoms with Crippen LogP contribution in [-0.2, 0) is 23.9 Å². The molecule has 0 aliphatic heterocycles. The average molecular weight is 339 g/mol. The maximum Gasteiger partial charge on any atom is 0.435 e. The Kier molecular flexibility index (Phi) is 5.31. The van der Waals surface area contributed by atoms with Gasteiger partial charge in [0.15, 0.2) is 5.69 Å². The average Bonchev–Trinajstić information content (AvgIpc) is 2.89. The number of carbonyl (C=O) groups is 1. The number of nitrogens with zero attached hydrogens (tertiary/aromatic N) is 2. The number of anilines is 1. The first-order chi connectivity index (χ1) is 11.2. The van der Waals surface area contributed by atoms with E-state index in [1.54, 1.807) is 6.92 Å². The van der Waals surface area contributed by atoms with Gasteiger partial charge in [0.05, 0.1) is 12.5 Å². The Morgan fingerprint density at radius 3 is 2.42 bits per heavy atom. The zero-order chi connectivity index (χ0) is 17.9. The summed E-state index contributed by atoms with van der Waals surface area (Å²) in [5.74, 6) is -0.779. The Hall–Kier alpha value is -2.31. The fourth-order valence-electron chi connectivity index (χ4n) is 2.27. The number of hydrogen-bond donors (Lipinski definition) is 1. The van der Waals surface area contributed by atoms with Crippen LogP contribution in [0.3, 0.4) is 0 Å². The number of amides is 1. The Labute approximate surface area is 138 Å². The highest BCUT2D eigenvalue weighted by Gasteiger charge is 2.34. The Bertz CT molecular complexity index is 705. The third kappa shape index (κ3) is 4.37. The Morgan fingerprint density at radius 2 is 1.92 bits per heavy atom. The number of hydrogen-bond acceptors (Lipinski definition) is 2. The van der Waals surface area contributed by atoms with Crippen LogP contribution >= 0.6 is 0 Å². The lowest BCUT2D eigenvalue weighted by Crippen LogP contribution is -2.25. The summed E-state index contributed by atoms with van der Waals surface area (Å²) in [7, 11) is 0. The molecular formula is C17H20F3N3O. The van der Waals surface area contributed by atoms with E-state index in [-0.39, 0.29) is 12.5 Å². The highest BCUT2D eigenvalue weighted by atomic mass is 19.4. The van der Waals surface area contributed by atoms with Crippen molar-refractivity contribution in [1.82, 2.24) is 9.78 Å². The lowest BCUT2D eigenvalue weighted by atomic mass is 10.1. The van der Waals surface area contributed by atoms with E-state index in [0.29, 0.717) is 11.4 Å². The zero-order valence-electron chi connectivity index (χ0n) is 13.8. The molecule has 2 rings (SSSR count). The molecule has 0 fully saturated rings. The molecule has 1 atom stereocenters. The molecule has 0 saturated heterocycles. The van der Waals surface area contributed by atoms with E-state index in [1.807, 2.05) is 31.2 Å². The number of aryl methyl sites for hydroxylation is 2. The molecule has 1 amide bonds. The second-order valence-corrected chi connectivity index (χ2v) is 5.79. The van der Waals surface area contributed by atoms with Gasteiger partial charge in [0.1, 0.15) is 0 Å². The lowest BCUT2D eigenvalue weighted by Gasteiger charge is -2.14. The van der Waals surface area contributed by atoms with Crippen LogP contribution in [0.15, 0.2) is 30.3 Å². The normalized spacial score (nSPS) is 12.9. The molecule has 0 spiro atoms. The maximum absolute atomic E-state index is 12.7. The first kappa shape index (κ1) is 18.0. The van der Waals surface area contributed by atoms with Crippen LogP contribution in [0.4, 0.5) is 18.9 Å². The van der Waals surface area contributed by atoms with E-state index in [9.17, 15) is 18.0 Å². The first-order valence-electron chi connectivity index (χ1n) is 7.72. The summed E-state index contributed by atoms with van der Waals surface area (Å²) in [5, 5.41) is 6.31. The van der Waals surface area contributed by atoms with E-state index in [1.165, 1.54) is 11.6 Å². The van der Waals surface area contributed by atoms with Gasteiger partial charge in [0.2, 0.25) is 5.91 Å². The minimum atomic E-state index is -4.48. The van der Waals surface area contributed by atoms with E-state index in [0.717, 1.165) is 18.1 Å². The van der Waals surface area contributed by atoms with E-state index in [4.69, 9.17) is 0 Å². The number of benzene rings is 1. The number of halogens is 3. The number of nitrogens with one attached hydrogen (secondary N) is 1. The summed E-state index contributed by atoms with van der Waals surface area (Å²) in [6, 6.07) is 8.45. The molecule has 0 saturated carbocycles. The van der Waals surface area contributed by atoms with Crippen molar-refractivity contribution >= 4 is 11.6 Å². The third-order valence-corrected chi connectivity index (χ3v) is 3.80. The predicted octanol–water partition coefficient (Wildman–Crippen LogP) is 4.05. The summed E-state index contributed by atoms with van der Waals surface area (Å²) in [6.45, 7) is 5.32. The summed E-state index contributed by atoms with van der Waals surface area (Å²) in [5.41, 5.74) is 1.25. The Morgan fingerprint density at radius 1 is 1.29 bits per heavy atom. The van der Waals surface area contributed by atoms with E-state index in [2.05, 4.69) is 10.4 Å². The van der Waals surface area contributed by atoms with Crippen molar-refractivity contribution in [3.8, 4) is 0 Å². The van der Waals surface area contributed by atoms with Crippen LogP contribution in [-0.4, -0.2) is 15.7 Å². The van der Waals surface area contributed by atoms with Gasteiger partial charge in [-0.15, -0.1) is 0 Å². The fraction of sp³-hybridized carbons (Fsp3) is 0.412.